The number of carbonyl (C=O) groups is 1. The molecule has 0 bridgehead atoms. The van der Waals surface area contributed by atoms with Crippen LogP contribution >= 0.6 is 0 Å². The molecule has 5 heteroatoms. The summed E-state index contributed by atoms with van der Waals surface area (Å²) in [5, 5.41) is 0. The van der Waals surface area contributed by atoms with Crippen molar-refractivity contribution in [2.45, 2.75) is 38.1 Å². The van der Waals surface area contributed by atoms with Gasteiger partial charge in [-0.25, -0.2) is 0 Å². The monoisotopic (exact) mass is 410 g/mol. The molecular weight excluding hydrogens is 380 g/mol. The topological polar surface area (TPSA) is 55.4 Å². The van der Waals surface area contributed by atoms with Crippen LogP contribution in [0.15, 0.2) is 54.6 Å². The highest BCUT2D eigenvalue weighted by molar-refractivity contribution is 7.88. The molecule has 1 heterocycles. The minimum atomic E-state index is -1.000. The predicted octanol–water partition coefficient (Wildman–Crippen LogP) is 3.97. The first-order valence-electron chi connectivity index (χ1n) is 10.6. The van der Waals surface area contributed by atoms with Crippen LogP contribution in [0.5, 0.6) is 0 Å². The fraction of sp³-hybridized carbons (Fsp3) is 0.458. The summed E-state index contributed by atoms with van der Waals surface area (Å²) in [7, 11) is 0. The van der Waals surface area contributed by atoms with Crippen molar-refractivity contribution >= 4 is 17.3 Å². The van der Waals surface area contributed by atoms with Crippen molar-refractivity contribution in [1.29, 1.82) is 0 Å². The molecule has 1 N–H and O–H groups in total. The molecule has 1 aliphatic heterocycles. The number of nitrogens with one attached hydrogen (secondary N) is 1. The lowest BCUT2D eigenvalue weighted by atomic mass is 9.95. The maximum absolute atomic E-state index is 13.3. The molecule has 29 heavy (non-hydrogen) atoms. The Morgan fingerprint density at radius 1 is 1.07 bits per heavy atom. The van der Waals surface area contributed by atoms with E-state index in [9.17, 15) is 9.35 Å². The SMILES string of the molecule is CC1C(C(=O)N2CCCC(N[S+](C)[O-])CC2)C1c1ccccc1-c1ccccc1. The number of likely N-dealkylation sites (tertiary alicyclic amines) is 1. The first kappa shape index (κ1) is 20.5. The van der Waals surface area contributed by atoms with Gasteiger partial charge in [0.2, 0.25) is 5.91 Å². The van der Waals surface area contributed by atoms with E-state index in [0.717, 1.165) is 32.4 Å². The van der Waals surface area contributed by atoms with E-state index in [0.29, 0.717) is 17.7 Å². The van der Waals surface area contributed by atoms with Crippen LogP contribution in [0, 0.1) is 11.8 Å². The second kappa shape index (κ2) is 8.90. The van der Waals surface area contributed by atoms with Crippen molar-refractivity contribution in [3.05, 3.63) is 60.2 Å². The molecule has 154 valence electrons. The molecule has 0 spiro atoms. The van der Waals surface area contributed by atoms with Gasteiger partial charge in [0.25, 0.3) is 0 Å². The molecule has 5 atom stereocenters. The van der Waals surface area contributed by atoms with Crippen molar-refractivity contribution in [2.24, 2.45) is 11.8 Å². The molecular formula is C24H30N2O2S. The lowest BCUT2D eigenvalue weighted by molar-refractivity contribution is -0.132. The lowest BCUT2D eigenvalue weighted by Crippen LogP contribution is -2.37. The molecule has 2 aliphatic rings. The zero-order chi connectivity index (χ0) is 20.4. The number of carbonyl (C=O) groups excluding carboxylic acids is 1. The van der Waals surface area contributed by atoms with Gasteiger partial charge in [-0.2, -0.15) is 0 Å². The molecule has 1 aliphatic carbocycles. The number of benzene rings is 2. The summed E-state index contributed by atoms with van der Waals surface area (Å²) >= 11 is -1.000. The second-order valence-electron chi connectivity index (χ2n) is 8.39. The molecule has 1 saturated carbocycles. The van der Waals surface area contributed by atoms with E-state index in [1.54, 1.807) is 6.26 Å². The van der Waals surface area contributed by atoms with Crippen LogP contribution in [0.3, 0.4) is 0 Å². The maximum atomic E-state index is 13.3. The van der Waals surface area contributed by atoms with E-state index in [2.05, 4.69) is 60.2 Å². The average molecular weight is 411 g/mol. The predicted molar refractivity (Wildman–Crippen MR) is 119 cm³/mol. The molecule has 0 radical (unpaired) electrons. The van der Waals surface area contributed by atoms with Crippen molar-refractivity contribution in [3.63, 3.8) is 0 Å². The van der Waals surface area contributed by atoms with Gasteiger partial charge in [-0.05, 0) is 47.8 Å². The zero-order valence-electron chi connectivity index (χ0n) is 17.2. The van der Waals surface area contributed by atoms with Gasteiger partial charge >= 0.3 is 0 Å². The average Bonchev–Trinajstić information content (AvgIpc) is 3.45. The second-order valence-corrected chi connectivity index (χ2v) is 9.53. The third kappa shape index (κ3) is 4.52. The largest absolute Gasteiger partial charge is 0.598 e. The molecule has 2 aromatic rings. The van der Waals surface area contributed by atoms with Gasteiger partial charge in [-0.1, -0.05) is 61.5 Å². The minimum absolute atomic E-state index is 0.0738. The van der Waals surface area contributed by atoms with Gasteiger partial charge in [0.15, 0.2) is 0 Å². The third-order valence-electron chi connectivity index (χ3n) is 6.44. The van der Waals surface area contributed by atoms with E-state index in [-0.39, 0.29) is 12.0 Å². The Kier molecular flexibility index (Phi) is 6.28. The summed E-state index contributed by atoms with van der Waals surface area (Å²) in [6.07, 6.45) is 4.49. The number of nitrogens with zero attached hydrogens (tertiary/aromatic N) is 1. The molecule has 1 amide bonds. The number of hydrogen-bond acceptors (Lipinski definition) is 3. The number of hydrogen-bond donors (Lipinski definition) is 1. The first-order chi connectivity index (χ1) is 14.1. The van der Waals surface area contributed by atoms with Crippen molar-refractivity contribution in [1.82, 2.24) is 9.62 Å². The van der Waals surface area contributed by atoms with Gasteiger partial charge in [-0.15, -0.1) is 4.72 Å². The Labute approximate surface area is 177 Å². The molecule has 4 rings (SSSR count). The number of amides is 1. The zero-order valence-corrected chi connectivity index (χ0v) is 18.0. The smallest absolute Gasteiger partial charge is 0.226 e. The lowest BCUT2D eigenvalue weighted by Gasteiger charge is -2.21. The highest BCUT2D eigenvalue weighted by Crippen LogP contribution is 2.56. The molecule has 2 fully saturated rings. The summed E-state index contributed by atoms with van der Waals surface area (Å²) in [5.41, 5.74) is 3.75. The highest BCUT2D eigenvalue weighted by Gasteiger charge is 2.54. The molecule has 4 nitrogen and oxygen atoms in total. The summed E-state index contributed by atoms with van der Waals surface area (Å²) in [6, 6.07) is 19.2. The summed E-state index contributed by atoms with van der Waals surface area (Å²) < 4.78 is 14.6. The molecule has 5 unspecified atom stereocenters. The standard InChI is InChI=1S/C24H30N2O2S/c1-17-22(21-13-7-6-12-20(21)18-9-4-3-5-10-18)23(17)24(27)26-15-8-11-19(14-16-26)25-29(2)28/h3-7,9-10,12-13,17,19,22-23,25H,8,11,14-16H2,1-2H3. The van der Waals surface area contributed by atoms with E-state index in [1.165, 1.54) is 16.7 Å². The third-order valence-corrected chi connectivity index (χ3v) is 7.11. The number of rotatable bonds is 5. The van der Waals surface area contributed by atoms with Gasteiger partial charge in [-0.3, -0.25) is 4.79 Å². The van der Waals surface area contributed by atoms with E-state index in [4.69, 9.17) is 0 Å². The quantitative estimate of drug-likeness (QED) is 0.759. The normalized spacial score (nSPS) is 27.9. The summed E-state index contributed by atoms with van der Waals surface area (Å²) in [5.74, 6) is 1.03. The van der Waals surface area contributed by atoms with Gasteiger partial charge in [0.05, 0.1) is 6.04 Å². The fourth-order valence-electron chi connectivity index (χ4n) is 4.87. The Hall–Kier alpha value is -1.82. The van der Waals surface area contributed by atoms with Crippen molar-refractivity contribution in [3.8, 4) is 11.1 Å². The van der Waals surface area contributed by atoms with Gasteiger partial charge < -0.3 is 9.45 Å². The fourth-order valence-corrected chi connectivity index (χ4v) is 5.57. The van der Waals surface area contributed by atoms with E-state index >= 15 is 0 Å². The van der Waals surface area contributed by atoms with Crippen molar-refractivity contribution in [2.75, 3.05) is 19.3 Å². The molecule has 1 saturated heterocycles. The van der Waals surface area contributed by atoms with Crippen LogP contribution in [-0.4, -0.2) is 40.7 Å². The van der Waals surface area contributed by atoms with E-state index < -0.39 is 11.4 Å². The van der Waals surface area contributed by atoms with Crippen LogP contribution in [0.1, 0.15) is 37.7 Å². The van der Waals surface area contributed by atoms with Crippen LogP contribution in [0.4, 0.5) is 0 Å². The Morgan fingerprint density at radius 3 is 2.55 bits per heavy atom. The van der Waals surface area contributed by atoms with Crippen molar-refractivity contribution < 1.29 is 9.35 Å². The Morgan fingerprint density at radius 2 is 1.79 bits per heavy atom. The van der Waals surface area contributed by atoms with Gasteiger partial charge in [0.1, 0.15) is 6.26 Å². The Balaban J connectivity index is 1.48. The maximum Gasteiger partial charge on any atom is 0.226 e. The van der Waals surface area contributed by atoms with Crippen LogP contribution in [-0.2, 0) is 16.2 Å². The molecule has 2 aromatic carbocycles. The van der Waals surface area contributed by atoms with Crippen LogP contribution in [0.2, 0.25) is 0 Å². The highest BCUT2D eigenvalue weighted by atomic mass is 32.2. The summed E-state index contributed by atoms with van der Waals surface area (Å²) in [6.45, 7) is 3.77. The van der Waals surface area contributed by atoms with Crippen LogP contribution in [0.25, 0.3) is 11.1 Å². The Bertz CT molecular complexity index is 842. The molecule has 0 aromatic heterocycles. The first-order valence-corrected chi connectivity index (χ1v) is 12.1. The van der Waals surface area contributed by atoms with E-state index in [1.807, 2.05) is 11.0 Å². The van der Waals surface area contributed by atoms with Gasteiger partial charge in [0, 0.05) is 30.4 Å². The van der Waals surface area contributed by atoms with Crippen LogP contribution < -0.4 is 4.72 Å². The minimum Gasteiger partial charge on any atom is -0.598 e. The summed E-state index contributed by atoms with van der Waals surface area (Å²) in [4.78, 5) is 15.4.